The normalized spacial score (nSPS) is 9.87. The average Bonchev–Trinajstić information content (AvgIpc) is 2.80. The van der Waals surface area contributed by atoms with Crippen molar-refractivity contribution in [1.29, 1.82) is 0 Å². The predicted octanol–water partition coefficient (Wildman–Crippen LogP) is 2.33. The second kappa shape index (κ2) is 4.41. The molecule has 0 aromatic carbocycles. The van der Waals surface area contributed by atoms with Crippen LogP contribution in [0.4, 0.5) is 5.82 Å². The monoisotopic (exact) mass is 201 g/mol. The Morgan fingerprint density at radius 3 is 3.13 bits per heavy atom. The molecular formula is C11H11N3O. The minimum Gasteiger partial charge on any atom is -0.472 e. The first-order chi connectivity index (χ1) is 7.40. The molecule has 0 aliphatic heterocycles. The largest absolute Gasteiger partial charge is 0.472 e. The van der Waals surface area contributed by atoms with E-state index in [0.29, 0.717) is 6.54 Å². The van der Waals surface area contributed by atoms with Crippen LogP contribution in [0.15, 0.2) is 48.1 Å². The van der Waals surface area contributed by atoms with Crippen molar-refractivity contribution < 1.29 is 4.42 Å². The molecule has 4 heteroatoms. The van der Waals surface area contributed by atoms with Crippen molar-refractivity contribution in [3.05, 3.63) is 43.6 Å². The summed E-state index contributed by atoms with van der Waals surface area (Å²) in [7, 11) is 0. The van der Waals surface area contributed by atoms with Crippen LogP contribution in [0.25, 0.3) is 11.3 Å². The molecule has 2 aromatic heterocycles. The molecular weight excluding hydrogens is 190 g/mol. The standard InChI is InChI=1S/C11H11N3O/c1-2-4-12-11-6-10(13-8-14-11)9-3-5-15-7-9/h2-3,5-8H,1,4H2,(H,12,13,14). The zero-order chi connectivity index (χ0) is 10.5. The minimum absolute atomic E-state index is 0.682. The fourth-order valence-electron chi connectivity index (χ4n) is 1.20. The molecule has 0 spiro atoms. The maximum absolute atomic E-state index is 4.99. The van der Waals surface area contributed by atoms with Gasteiger partial charge in [0, 0.05) is 18.2 Å². The van der Waals surface area contributed by atoms with Gasteiger partial charge in [-0.3, -0.25) is 0 Å². The van der Waals surface area contributed by atoms with Crippen molar-refractivity contribution in [1.82, 2.24) is 9.97 Å². The lowest BCUT2D eigenvalue weighted by molar-refractivity contribution is 0.568. The summed E-state index contributed by atoms with van der Waals surface area (Å²) in [4.78, 5) is 8.24. The van der Waals surface area contributed by atoms with E-state index in [9.17, 15) is 0 Å². The molecule has 15 heavy (non-hydrogen) atoms. The van der Waals surface area contributed by atoms with E-state index >= 15 is 0 Å². The first-order valence-corrected chi connectivity index (χ1v) is 4.59. The molecule has 0 aliphatic carbocycles. The van der Waals surface area contributed by atoms with Gasteiger partial charge in [-0.05, 0) is 6.07 Å². The number of hydrogen-bond acceptors (Lipinski definition) is 4. The van der Waals surface area contributed by atoms with E-state index in [-0.39, 0.29) is 0 Å². The number of nitrogens with one attached hydrogen (secondary N) is 1. The summed E-state index contributed by atoms with van der Waals surface area (Å²) < 4.78 is 4.99. The number of anilines is 1. The van der Waals surface area contributed by atoms with Gasteiger partial charge >= 0.3 is 0 Å². The van der Waals surface area contributed by atoms with Gasteiger partial charge in [0.15, 0.2) is 0 Å². The van der Waals surface area contributed by atoms with Gasteiger partial charge in [0.1, 0.15) is 12.1 Å². The Labute approximate surface area is 87.7 Å². The third-order valence-electron chi connectivity index (χ3n) is 1.91. The second-order valence-corrected chi connectivity index (χ2v) is 2.97. The molecule has 0 unspecified atom stereocenters. The van der Waals surface area contributed by atoms with Crippen molar-refractivity contribution in [2.75, 3.05) is 11.9 Å². The van der Waals surface area contributed by atoms with Crippen LogP contribution in [0.1, 0.15) is 0 Å². The van der Waals surface area contributed by atoms with E-state index in [1.54, 1.807) is 18.6 Å². The summed E-state index contributed by atoms with van der Waals surface area (Å²) in [6, 6.07) is 3.73. The number of rotatable bonds is 4. The number of aromatic nitrogens is 2. The summed E-state index contributed by atoms with van der Waals surface area (Å²) in [5.74, 6) is 0.779. The van der Waals surface area contributed by atoms with Crippen LogP contribution < -0.4 is 5.32 Å². The Bertz CT molecular complexity index is 437. The Morgan fingerprint density at radius 2 is 2.40 bits per heavy atom. The zero-order valence-corrected chi connectivity index (χ0v) is 8.18. The van der Waals surface area contributed by atoms with Gasteiger partial charge in [0.25, 0.3) is 0 Å². The zero-order valence-electron chi connectivity index (χ0n) is 8.18. The molecule has 0 fully saturated rings. The highest BCUT2D eigenvalue weighted by molar-refractivity contribution is 5.60. The summed E-state index contributed by atoms with van der Waals surface area (Å²) in [6.45, 7) is 4.31. The van der Waals surface area contributed by atoms with E-state index in [2.05, 4.69) is 21.9 Å². The minimum atomic E-state index is 0.682. The molecule has 2 aromatic rings. The Hall–Kier alpha value is -2.10. The van der Waals surface area contributed by atoms with Crippen LogP contribution in [0, 0.1) is 0 Å². The maximum Gasteiger partial charge on any atom is 0.130 e. The molecule has 4 nitrogen and oxygen atoms in total. The Balaban J connectivity index is 2.23. The van der Waals surface area contributed by atoms with Crippen molar-refractivity contribution >= 4 is 5.82 Å². The molecule has 0 saturated heterocycles. The van der Waals surface area contributed by atoms with Gasteiger partial charge in [0.05, 0.1) is 18.2 Å². The van der Waals surface area contributed by atoms with E-state index in [1.807, 2.05) is 12.1 Å². The van der Waals surface area contributed by atoms with Gasteiger partial charge in [-0.25, -0.2) is 9.97 Å². The van der Waals surface area contributed by atoms with Crippen molar-refractivity contribution in [3.63, 3.8) is 0 Å². The molecule has 0 aliphatic rings. The predicted molar refractivity (Wildman–Crippen MR) is 58.4 cm³/mol. The Kier molecular flexibility index (Phi) is 2.78. The Morgan fingerprint density at radius 1 is 1.47 bits per heavy atom. The molecule has 2 heterocycles. The highest BCUT2D eigenvalue weighted by Crippen LogP contribution is 2.18. The lowest BCUT2D eigenvalue weighted by atomic mass is 10.2. The summed E-state index contributed by atoms with van der Waals surface area (Å²) in [6.07, 6.45) is 6.57. The molecule has 76 valence electrons. The highest BCUT2D eigenvalue weighted by atomic mass is 16.3. The second-order valence-electron chi connectivity index (χ2n) is 2.97. The lowest BCUT2D eigenvalue weighted by Gasteiger charge is -2.02. The van der Waals surface area contributed by atoms with Crippen LogP contribution in [-0.4, -0.2) is 16.5 Å². The lowest BCUT2D eigenvalue weighted by Crippen LogP contribution is -2.00. The number of furan rings is 1. The van der Waals surface area contributed by atoms with Gasteiger partial charge in [-0.15, -0.1) is 6.58 Å². The summed E-state index contributed by atoms with van der Waals surface area (Å²) in [5, 5.41) is 3.10. The molecule has 0 radical (unpaired) electrons. The fourth-order valence-corrected chi connectivity index (χ4v) is 1.20. The summed E-state index contributed by atoms with van der Waals surface area (Å²) in [5.41, 5.74) is 1.78. The maximum atomic E-state index is 4.99. The number of hydrogen-bond donors (Lipinski definition) is 1. The first kappa shape index (κ1) is 9.45. The van der Waals surface area contributed by atoms with E-state index in [4.69, 9.17) is 4.42 Å². The van der Waals surface area contributed by atoms with Crippen LogP contribution in [-0.2, 0) is 0 Å². The quantitative estimate of drug-likeness (QED) is 0.771. The van der Waals surface area contributed by atoms with E-state index in [0.717, 1.165) is 17.1 Å². The molecule has 0 bridgehead atoms. The third-order valence-corrected chi connectivity index (χ3v) is 1.91. The van der Waals surface area contributed by atoms with E-state index < -0.39 is 0 Å². The third kappa shape index (κ3) is 2.22. The SMILES string of the molecule is C=CCNc1cc(-c2ccoc2)ncn1. The van der Waals surface area contributed by atoms with Crippen LogP contribution >= 0.6 is 0 Å². The smallest absolute Gasteiger partial charge is 0.130 e. The fraction of sp³-hybridized carbons (Fsp3) is 0.0909. The first-order valence-electron chi connectivity index (χ1n) is 4.59. The molecule has 0 atom stereocenters. The van der Waals surface area contributed by atoms with Crippen molar-refractivity contribution in [3.8, 4) is 11.3 Å². The molecule has 0 amide bonds. The van der Waals surface area contributed by atoms with Gasteiger partial charge in [-0.1, -0.05) is 6.08 Å². The van der Waals surface area contributed by atoms with Gasteiger partial charge < -0.3 is 9.73 Å². The average molecular weight is 201 g/mol. The van der Waals surface area contributed by atoms with Gasteiger partial charge in [0.2, 0.25) is 0 Å². The molecule has 0 saturated carbocycles. The van der Waals surface area contributed by atoms with Gasteiger partial charge in [-0.2, -0.15) is 0 Å². The number of nitrogens with zero attached hydrogens (tertiary/aromatic N) is 2. The van der Waals surface area contributed by atoms with Crippen LogP contribution in [0.3, 0.4) is 0 Å². The molecule has 1 N–H and O–H groups in total. The van der Waals surface area contributed by atoms with Crippen molar-refractivity contribution in [2.45, 2.75) is 0 Å². The highest BCUT2D eigenvalue weighted by Gasteiger charge is 2.01. The topological polar surface area (TPSA) is 51.0 Å². The molecule has 2 rings (SSSR count). The van der Waals surface area contributed by atoms with E-state index in [1.165, 1.54) is 6.33 Å². The van der Waals surface area contributed by atoms with Crippen LogP contribution in [0.5, 0.6) is 0 Å². The van der Waals surface area contributed by atoms with Crippen LogP contribution in [0.2, 0.25) is 0 Å². The summed E-state index contributed by atoms with van der Waals surface area (Å²) >= 11 is 0. The van der Waals surface area contributed by atoms with Crippen molar-refractivity contribution in [2.24, 2.45) is 0 Å².